The lowest BCUT2D eigenvalue weighted by Crippen LogP contribution is -2.33. The van der Waals surface area contributed by atoms with Gasteiger partial charge in [-0.1, -0.05) is 13.8 Å². The summed E-state index contributed by atoms with van der Waals surface area (Å²) in [4.78, 5) is 20.4. The highest BCUT2D eigenvalue weighted by Gasteiger charge is 2.23. The average molecular weight is 284 g/mol. The van der Waals surface area contributed by atoms with Crippen molar-refractivity contribution in [3.63, 3.8) is 0 Å². The molecule has 0 saturated heterocycles. The lowest BCUT2D eigenvalue weighted by Gasteiger charge is -2.21. The van der Waals surface area contributed by atoms with Crippen molar-refractivity contribution < 1.29 is 4.79 Å². The Labute approximate surface area is 122 Å². The Bertz CT molecular complexity index is 668. The Kier molecular flexibility index (Phi) is 4.28. The first kappa shape index (κ1) is 14.7. The fourth-order valence-corrected chi connectivity index (χ4v) is 1.93. The molecule has 0 saturated carbocycles. The smallest absolute Gasteiger partial charge is 0.253 e. The van der Waals surface area contributed by atoms with Crippen molar-refractivity contribution in [2.24, 2.45) is 13.0 Å². The summed E-state index contributed by atoms with van der Waals surface area (Å²) in [5.41, 5.74) is 0.682. The van der Waals surface area contributed by atoms with E-state index in [0.717, 1.165) is 0 Å². The fraction of sp³-hybridized carbons (Fsp3) is 0.357. The zero-order valence-electron chi connectivity index (χ0n) is 12.1. The third-order valence-corrected chi connectivity index (χ3v) is 3.12. The number of nitrogens with zero attached hydrogens (tertiary/aromatic N) is 5. The normalized spacial score (nSPS) is 12.0. The summed E-state index contributed by atoms with van der Waals surface area (Å²) in [6.07, 6.45) is 2.85. The van der Waals surface area contributed by atoms with Gasteiger partial charge in [-0.15, -0.1) is 0 Å². The van der Waals surface area contributed by atoms with E-state index in [4.69, 9.17) is 5.26 Å². The summed E-state index contributed by atoms with van der Waals surface area (Å²) < 4.78 is 1.64. The van der Waals surface area contributed by atoms with Crippen LogP contribution in [-0.2, 0) is 7.05 Å². The van der Waals surface area contributed by atoms with Crippen LogP contribution in [0.5, 0.6) is 0 Å². The van der Waals surface area contributed by atoms with Crippen LogP contribution >= 0.6 is 0 Å². The topological polar surface area (TPSA) is 96.5 Å². The number of hydrogen-bond acceptors (Lipinski definition) is 5. The van der Waals surface area contributed by atoms with Crippen molar-refractivity contribution in [2.75, 3.05) is 0 Å². The van der Waals surface area contributed by atoms with Gasteiger partial charge in [-0.3, -0.25) is 9.48 Å². The molecule has 0 aromatic carbocycles. The number of pyridine rings is 1. The number of amides is 1. The van der Waals surface area contributed by atoms with Gasteiger partial charge in [-0.05, 0) is 18.1 Å². The molecule has 2 rings (SSSR count). The van der Waals surface area contributed by atoms with E-state index >= 15 is 0 Å². The second-order valence-electron chi connectivity index (χ2n) is 4.98. The van der Waals surface area contributed by atoms with Crippen LogP contribution in [0.3, 0.4) is 0 Å². The second kappa shape index (κ2) is 6.13. The van der Waals surface area contributed by atoms with E-state index in [2.05, 4.69) is 20.4 Å². The van der Waals surface area contributed by atoms with Crippen molar-refractivity contribution in [1.29, 1.82) is 5.26 Å². The van der Waals surface area contributed by atoms with E-state index in [1.54, 1.807) is 17.8 Å². The monoisotopic (exact) mass is 284 g/mol. The molecule has 21 heavy (non-hydrogen) atoms. The average Bonchev–Trinajstić information content (AvgIpc) is 2.90. The molecular weight excluding hydrogens is 268 g/mol. The largest absolute Gasteiger partial charge is 0.342 e. The molecule has 7 heteroatoms. The van der Waals surface area contributed by atoms with Gasteiger partial charge in [0.25, 0.3) is 5.91 Å². The van der Waals surface area contributed by atoms with E-state index < -0.39 is 0 Å². The highest BCUT2D eigenvalue weighted by Crippen LogP contribution is 2.19. The third-order valence-electron chi connectivity index (χ3n) is 3.12. The number of hydrogen-bond donors (Lipinski definition) is 1. The zero-order valence-corrected chi connectivity index (χ0v) is 12.1. The summed E-state index contributed by atoms with van der Waals surface area (Å²) in [5, 5.41) is 15.7. The number of rotatable bonds is 4. The van der Waals surface area contributed by atoms with Crippen molar-refractivity contribution >= 4 is 5.91 Å². The molecular formula is C14H16N6O. The molecule has 0 bridgehead atoms. The molecule has 0 radical (unpaired) electrons. The quantitative estimate of drug-likeness (QED) is 0.910. The minimum Gasteiger partial charge on any atom is -0.342 e. The Morgan fingerprint density at radius 2 is 2.14 bits per heavy atom. The molecule has 1 N–H and O–H groups in total. The van der Waals surface area contributed by atoms with E-state index in [9.17, 15) is 4.79 Å². The number of nitrogens with one attached hydrogen (secondary N) is 1. The highest BCUT2D eigenvalue weighted by molar-refractivity contribution is 5.94. The maximum atomic E-state index is 12.3. The minimum absolute atomic E-state index is 0.156. The number of aromatic nitrogens is 4. The summed E-state index contributed by atoms with van der Waals surface area (Å²) >= 11 is 0. The molecule has 0 unspecified atom stereocenters. The van der Waals surface area contributed by atoms with E-state index in [-0.39, 0.29) is 23.6 Å². The fourth-order valence-electron chi connectivity index (χ4n) is 1.93. The van der Waals surface area contributed by atoms with E-state index in [0.29, 0.717) is 11.4 Å². The molecule has 2 aromatic rings. The Morgan fingerprint density at radius 3 is 2.62 bits per heavy atom. The van der Waals surface area contributed by atoms with Crippen molar-refractivity contribution in [1.82, 2.24) is 25.1 Å². The molecule has 108 valence electrons. The summed E-state index contributed by atoms with van der Waals surface area (Å²) in [5.74, 6) is 0.594. The van der Waals surface area contributed by atoms with Gasteiger partial charge in [0.05, 0.1) is 11.6 Å². The molecule has 0 aliphatic heterocycles. The standard InChI is InChI=1S/C14H16N6O/c1-9(2)12(13-17-8-18-20(13)3)19-14(21)10-4-5-11(6-15)16-7-10/h4-5,7-9,12H,1-3H3,(H,19,21)/t12-/m0/s1. The molecule has 0 spiro atoms. The highest BCUT2D eigenvalue weighted by atomic mass is 16.1. The zero-order chi connectivity index (χ0) is 15.4. The Morgan fingerprint density at radius 1 is 1.38 bits per heavy atom. The molecule has 0 aliphatic rings. The minimum atomic E-state index is -0.256. The first-order valence-corrected chi connectivity index (χ1v) is 6.54. The van der Waals surface area contributed by atoms with Gasteiger partial charge in [0.15, 0.2) is 0 Å². The van der Waals surface area contributed by atoms with Crippen LogP contribution in [0.25, 0.3) is 0 Å². The second-order valence-corrected chi connectivity index (χ2v) is 4.98. The number of aryl methyl sites for hydroxylation is 1. The van der Waals surface area contributed by atoms with Crippen LogP contribution in [-0.4, -0.2) is 25.7 Å². The lowest BCUT2D eigenvalue weighted by atomic mass is 10.0. The van der Waals surface area contributed by atoms with Crippen LogP contribution in [0, 0.1) is 17.2 Å². The molecule has 7 nitrogen and oxygen atoms in total. The van der Waals surface area contributed by atoms with Gasteiger partial charge in [-0.25, -0.2) is 9.97 Å². The number of carbonyl (C=O) groups is 1. The summed E-state index contributed by atoms with van der Waals surface area (Å²) in [7, 11) is 1.78. The van der Waals surface area contributed by atoms with Gasteiger partial charge in [0, 0.05) is 13.2 Å². The number of carbonyl (C=O) groups excluding carboxylic acids is 1. The maximum Gasteiger partial charge on any atom is 0.253 e. The SMILES string of the molecule is CC(C)[C@H](NC(=O)c1ccc(C#N)nc1)c1ncnn1C. The van der Waals surface area contributed by atoms with E-state index in [1.165, 1.54) is 18.6 Å². The van der Waals surface area contributed by atoms with Crippen LogP contribution in [0.2, 0.25) is 0 Å². The van der Waals surface area contributed by atoms with Crippen molar-refractivity contribution in [2.45, 2.75) is 19.9 Å². The first-order valence-electron chi connectivity index (χ1n) is 6.54. The lowest BCUT2D eigenvalue weighted by molar-refractivity contribution is 0.0921. The van der Waals surface area contributed by atoms with Gasteiger partial charge in [0.1, 0.15) is 23.9 Å². The molecule has 0 aliphatic carbocycles. The maximum absolute atomic E-state index is 12.3. The predicted octanol–water partition coefficient (Wildman–Crippen LogP) is 1.21. The van der Waals surface area contributed by atoms with Crippen molar-refractivity contribution in [3.8, 4) is 6.07 Å². The number of nitriles is 1. The van der Waals surface area contributed by atoms with E-state index in [1.807, 2.05) is 19.9 Å². The van der Waals surface area contributed by atoms with Gasteiger partial charge in [0.2, 0.25) is 0 Å². The Balaban J connectivity index is 2.19. The van der Waals surface area contributed by atoms with Crippen LogP contribution in [0.1, 0.15) is 41.8 Å². The van der Waals surface area contributed by atoms with Gasteiger partial charge in [-0.2, -0.15) is 10.4 Å². The Hall–Kier alpha value is -2.75. The first-order chi connectivity index (χ1) is 10.0. The third kappa shape index (κ3) is 3.23. The summed E-state index contributed by atoms with van der Waals surface area (Å²) in [6.45, 7) is 3.99. The predicted molar refractivity (Wildman–Crippen MR) is 75.0 cm³/mol. The van der Waals surface area contributed by atoms with Crippen LogP contribution in [0.4, 0.5) is 0 Å². The molecule has 1 atom stereocenters. The molecule has 1 amide bonds. The van der Waals surface area contributed by atoms with Gasteiger partial charge >= 0.3 is 0 Å². The molecule has 2 aromatic heterocycles. The van der Waals surface area contributed by atoms with Crippen molar-refractivity contribution in [3.05, 3.63) is 41.7 Å². The molecule has 0 fully saturated rings. The van der Waals surface area contributed by atoms with Gasteiger partial charge < -0.3 is 5.32 Å². The summed E-state index contributed by atoms with van der Waals surface area (Å²) in [6, 6.07) is 4.76. The van der Waals surface area contributed by atoms with Crippen LogP contribution in [0.15, 0.2) is 24.7 Å². The van der Waals surface area contributed by atoms with Crippen LogP contribution < -0.4 is 5.32 Å². The molecule has 2 heterocycles.